The van der Waals surface area contributed by atoms with Gasteiger partial charge >= 0.3 is 6.03 Å². The molecule has 11 nitrogen and oxygen atoms in total. The minimum Gasteiger partial charge on any atom is -0.343 e. The van der Waals surface area contributed by atoms with Crippen LogP contribution < -0.4 is 5.32 Å². The first kappa shape index (κ1) is 21.7. The molecule has 5 rings (SSSR count). The van der Waals surface area contributed by atoms with Crippen LogP contribution in [0.4, 0.5) is 4.79 Å². The van der Waals surface area contributed by atoms with Gasteiger partial charge in [0.25, 0.3) is 5.91 Å². The largest absolute Gasteiger partial charge is 0.343 e. The van der Waals surface area contributed by atoms with Crippen molar-refractivity contribution in [2.45, 2.75) is 37.1 Å². The van der Waals surface area contributed by atoms with Crippen LogP contribution in [0, 0.1) is 5.92 Å². The van der Waals surface area contributed by atoms with E-state index in [0.29, 0.717) is 23.4 Å². The molecule has 3 amide bonds. The fraction of sp³-hybridized carbons (Fsp3) is 0.524. The highest BCUT2D eigenvalue weighted by molar-refractivity contribution is 7.99. The van der Waals surface area contributed by atoms with Gasteiger partial charge in [-0.3, -0.25) is 10.1 Å². The van der Waals surface area contributed by atoms with E-state index in [0.717, 1.165) is 37.6 Å². The molecule has 174 valence electrons. The van der Waals surface area contributed by atoms with Crippen molar-refractivity contribution < 1.29 is 9.59 Å². The Balaban J connectivity index is 1.33. The summed E-state index contributed by atoms with van der Waals surface area (Å²) in [6.07, 6.45) is 1.66. The highest BCUT2D eigenvalue weighted by Crippen LogP contribution is 2.28. The van der Waals surface area contributed by atoms with Crippen LogP contribution in [0.25, 0.3) is 5.69 Å². The van der Waals surface area contributed by atoms with Gasteiger partial charge in [0.05, 0.1) is 5.69 Å². The van der Waals surface area contributed by atoms with Gasteiger partial charge in [0.1, 0.15) is 0 Å². The number of hydrogen-bond donors (Lipinski definition) is 1. The van der Waals surface area contributed by atoms with E-state index >= 15 is 0 Å². The lowest BCUT2D eigenvalue weighted by Crippen LogP contribution is -2.64. The second kappa shape index (κ2) is 9.00. The number of piperidine rings is 1. The SMILES string of the molecule is CC1CCN(C2=NC3C(C(=O)NC(=O)N3C)N2CCSc2nnnn2-c2ccccc2)CC1. The first-order valence-corrected chi connectivity index (χ1v) is 12.1. The van der Waals surface area contributed by atoms with Gasteiger partial charge in [-0.1, -0.05) is 36.9 Å². The molecule has 12 heteroatoms. The topological polar surface area (TPSA) is 112 Å². The Kier molecular flexibility index (Phi) is 5.92. The van der Waals surface area contributed by atoms with Gasteiger partial charge < -0.3 is 14.7 Å². The molecule has 0 spiro atoms. The average Bonchev–Trinajstić information content (AvgIpc) is 3.44. The van der Waals surface area contributed by atoms with Crippen molar-refractivity contribution in [1.82, 2.24) is 40.2 Å². The third-order valence-corrected chi connectivity index (χ3v) is 7.31. The van der Waals surface area contributed by atoms with Crippen LogP contribution >= 0.6 is 11.8 Å². The lowest BCUT2D eigenvalue weighted by Gasteiger charge is -2.39. The van der Waals surface area contributed by atoms with Crippen molar-refractivity contribution in [3.63, 3.8) is 0 Å². The molecule has 1 N–H and O–H groups in total. The van der Waals surface area contributed by atoms with Crippen molar-refractivity contribution in [3.8, 4) is 5.69 Å². The maximum Gasteiger partial charge on any atom is 0.325 e. The standard InChI is InChI=1S/C21H27N9O2S/c1-14-8-10-28(11-9-14)19-22-17-16(18(31)23-20(32)27(17)2)29(19)12-13-33-21-24-25-26-30(21)15-6-4-3-5-7-15/h3-7,14,16-17H,8-13H2,1-2H3,(H,23,31,32). The third-order valence-electron chi connectivity index (χ3n) is 6.41. The highest BCUT2D eigenvalue weighted by Gasteiger charge is 2.49. The van der Waals surface area contributed by atoms with Crippen LogP contribution in [0.5, 0.6) is 0 Å². The third kappa shape index (κ3) is 4.14. The number of nitrogens with zero attached hydrogens (tertiary/aromatic N) is 8. The highest BCUT2D eigenvalue weighted by atomic mass is 32.2. The second-order valence-corrected chi connectivity index (χ2v) is 9.68. The molecule has 2 unspecified atom stereocenters. The molecular formula is C21H27N9O2S. The normalized spacial score (nSPS) is 23.6. The van der Waals surface area contributed by atoms with E-state index in [-0.39, 0.29) is 5.91 Å². The summed E-state index contributed by atoms with van der Waals surface area (Å²) in [5, 5.41) is 15.3. The lowest BCUT2D eigenvalue weighted by molar-refractivity contribution is -0.127. The summed E-state index contributed by atoms with van der Waals surface area (Å²) in [4.78, 5) is 35.7. The zero-order valence-electron chi connectivity index (χ0n) is 18.7. The van der Waals surface area contributed by atoms with Crippen molar-refractivity contribution in [2.75, 3.05) is 32.4 Å². The number of aliphatic imine (C=N–C) groups is 1. The molecule has 0 radical (unpaired) electrons. The predicted octanol–water partition coefficient (Wildman–Crippen LogP) is 1.03. The van der Waals surface area contributed by atoms with Crippen LogP contribution in [0.1, 0.15) is 19.8 Å². The van der Waals surface area contributed by atoms with Gasteiger partial charge in [-0.25, -0.2) is 9.79 Å². The number of urea groups is 1. The van der Waals surface area contributed by atoms with E-state index in [1.165, 1.54) is 16.7 Å². The Morgan fingerprint density at radius 1 is 1.15 bits per heavy atom. The molecule has 1 aromatic carbocycles. The predicted molar refractivity (Wildman–Crippen MR) is 123 cm³/mol. The Morgan fingerprint density at radius 3 is 2.67 bits per heavy atom. The maximum atomic E-state index is 12.8. The Bertz CT molecular complexity index is 1050. The number of carbonyl (C=O) groups excluding carboxylic acids is 2. The van der Waals surface area contributed by atoms with Crippen LogP contribution in [-0.4, -0.2) is 97.4 Å². The van der Waals surface area contributed by atoms with Gasteiger partial charge in [-0.05, 0) is 41.3 Å². The number of benzene rings is 1. The molecule has 4 heterocycles. The van der Waals surface area contributed by atoms with Crippen LogP contribution in [0.2, 0.25) is 0 Å². The summed E-state index contributed by atoms with van der Waals surface area (Å²) in [5.41, 5.74) is 0.891. The zero-order valence-corrected chi connectivity index (χ0v) is 19.5. The van der Waals surface area contributed by atoms with Gasteiger partial charge in [-0.2, -0.15) is 4.68 Å². The molecule has 3 aliphatic rings. The summed E-state index contributed by atoms with van der Waals surface area (Å²) in [5.74, 6) is 1.84. The van der Waals surface area contributed by atoms with E-state index in [9.17, 15) is 9.59 Å². The Morgan fingerprint density at radius 2 is 1.91 bits per heavy atom. The number of fused-ring (bicyclic) bond motifs is 1. The molecule has 2 atom stereocenters. The number of aromatic nitrogens is 4. The number of imide groups is 1. The van der Waals surface area contributed by atoms with Crippen molar-refractivity contribution in [3.05, 3.63) is 30.3 Å². The Hall–Kier alpha value is -3.15. The average molecular weight is 470 g/mol. The molecule has 0 saturated carbocycles. The van der Waals surface area contributed by atoms with E-state index in [1.54, 1.807) is 11.7 Å². The zero-order chi connectivity index (χ0) is 22.9. The number of guanidine groups is 1. The number of likely N-dealkylation sites (N-methyl/N-ethyl adjacent to an activating group) is 1. The van der Waals surface area contributed by atoms with E-state index in [2.05, 4.69) is 32.7 Å². The molecule has 3 aliphatic heterocycles. The number of thioether (sulfide) groups is 1. The van der Waals surface area contributed by atoms with Crippen LogP contribution in [0.3, 0.4) is 0 Å². The fourth-order valence-electron chi connectivity index (χ4n) is 4.46. The molecule has 2 fully saturated rings. The molecule has 0 bridgehead atoms. The number of hydrogen-bond acceptors (Lipinski definition) is 9. The number of para-hydroxylation sites is 1. The minimum absolute atomic E-state index is 0.300. The number of likely N-dealkylation sites (tertiary alicyclic amines) is 1. The smallest absolute Gasteiger partial charge is 0.325 e. The quantitative estimate of drug-likeness (QED) is 0.647. The fourth-order valence-corrected chi connectivity index (χ4v) is 5.29. The molecular weight excluding hydrogens is 442 g/mol. The van der Waals surface area contributed by atoms with Crippen molar-refractivity contribution in [2.24, 2.45) is 10.9 Å². The van der Waals surface area contributed by atoms with Gasteiger partial charge in [-0.15, -0.1) is 5.10 Å². The molecule has 2 aromatic rings. The molecule has 33 heavy (non-hydrogen) atoms. The summed E-state index contributed by atoms with van der Waals surface area (Å²) in [6.45, 7) is 4.63. The number of tetrazole rings is 1. The van der Waals surface area contributed by atoms with Crippen molar-refractivity contribution >= 4 is 29.7 Å². The number of amides is 3. The van der Waals surface area contributed by atoms with E-state index in [1.807, 2.05) is 35.2 Å². The molecule has 0 aliphatic carbocycles. The number of rotatable bonds is 5. The number of carbonyl (C=O) groups is 2. The maximum absolute atomic E-state index is 12.8. The second-order valence-electron chi connectivity index (χ2n) is 8.61. The molecule has 1 aromatic heterocycles. The van der Waals surface area contributed by atoms with Gasteiger partial charge in [0.2, 0.25) is 5.16 Å². The van der Waals surface area contributed by atoms with Gasteiger partial charge in [0, 0.05) is 32.4 Å². The summed E-state index contributed by atoms with van der Waals surface area (Å²) >= 11 is 1.53. The van der Waals surface area contributed by atoms with Gasteiger partial charge in [0.15, 0.2) is 18.2 Å². The summed E-state index contributed by atoms with van der Waals surface area (Å²) < 4.78 is 1.71. The minimum atomic E-state index is -0.534. The summed E-state index contributed by atoms with van der Waals surface area (Å²) in [7, 11) is 1.69. The van der Waals surface area contributed by atoms with Crippen LogP contribution in [-0.2, 0) is 4.79 Å². The lowest BCUT2D eigenvalue weighted by atomic mass is 9.99. The monoisotopic (exact) mass is 469 g/mol. The van der Waals surface area contributed by atoms with E-state index < -0.39 is 18.2 Å². The summed E-state index contributed by atoms with van der Waals surface area (Å²) in [6, 6.07) is 8.79. The van der Waals surface area contributed by atoms with Crippen LogP contribution in [0.15, 0.2) is 40.5 Å². The first-order valence-electron chi connectivity index (χ1n) is 11.2. The Labute approximate surface area is 196 Å². The van der Waals surface area contributed by atoms with Crippen molar-refractivity contribution in [1.29, 1.82) is 0 Å². The molecule has 2 saturated heterocycles. The number of nitrogens with one attached hydrogen (secondary N) is 1. The van der Waals surface area contributed by atoms with E-state index in [4.69, 9.17) is 4.99 Å². The first-order chi connectivity index (χ1) is 16.0.